The Hall–Kier alpha value is -6.97. The average Bonchev–Trinajstić information content (AvgIpc) is 4.10. The molecule has 2 atom stereocenters. The second-order valence-corrected chi connectivity index (χ2v) is 23.8. The van der Waals surface area contributed by atoms with Crippen molar-refractivity contribution in [1.82, 2.24) is 39.8 Å². The fourth-order valence-corrected chi connectivity index (χ4v) is 14.7. The molecule has 3 aromatic carbocycles. The number of piperidine rings is 3. The smallest absolute Gasteiger partial charge is 0.409 e. The molecule has 6 fully saturated rings. The Morgan fingerprint density at radius 3 is 2.39 bits per heavy atom. The lowest BCUT2D eigenvalue weighted by molar-refractivity contribution is -0.134. The Balaban J connectivity index is 0.000000161. The number of imide groups is 1. The van der Waals surface area contributed by atoms with Crippen molar-refractivity contribution in [3.8, 4) is 29.6 Å². The van der Waals surface area contributed by atoms with Crippen molar-refractivity contribution >= 4 is 62.0 Å². The lowest BCUT2D eigenvalue weighted by atomic mass is 9.63. The van der Waals surface area contributed by atoms with Crippen LogP contribution in [0.2, 0.25) is 0 Å². The molecule has 18 heteroatoms. The standard InChI is InChI=1S/C34H33F2N5O2.C28H39N5O4/c1-2-23-25(35)11-9-21-7-3-8-24(27(21)23)30-29(36)31-28-26(37-30)12-10-22-19-42-18-6-17-41(22)32(28)39-33(38-31)43-20-34-13-4-15-40(34)16-5-14-34;1-28(2,19-11-15-33(16-12-19)27(36)37-4)18-9-13-32(14-10-18)20-5-6-21-23(17-20)31(3)30-25(21)22-7-8-24(34)29-26(22)35/h1,3,7-9,11,22H,4-6,10,12-20H2;5-6,17-19,22H,7-16H2,1-4H3,(H,29,34,35). The number of nitrogens with one attached hydrogen (secondary N) is 1. The molecule has 1 N–H and O–H groups in total. The topological polar surface area (TPSA) is 160 Å². The van der Waals surface area contributed by atoms with Gasteiger partial charge < -0.3 is 28.9 Å². The Morgan fingerprint density at radius 2 is 1.65 bits per heavy atom. The Bertz CT molecular complexity index is 3420. The molecule has 0 bridgehead atoms. The quantitative estimate of drug-likeness (QED) is 0.114. The van der Waals surface area contributed by atoms with Gasteiger partial charge in [0.1, 0.15) is 29.5 Å². The molecule has 3 amide bonds. The molecule has 10 heterocycles. The van der Waals surface area contributed by atoms with Gasteiger partial charge >= 0.3 is 12.1 Å². The van der Waals surface area contributed by atoms with Crippen LogP contribution in [0.25, 0.3) is 43.8 Å². The number of amides is 3. The van der Waals surface area contributed by atoms with Crippen LogP contribution in [0.15, 0.2) is 48.5 Å². The maximum Gasteiger partial charge on any atom is 0.409 e. The Kier molecular flexibility index (Phi) is 14.6. The number of benzene rings is 3. The summed E-state index contributed by atoms with van der Waals surface area (Å²) in [6, 6.07) is 15.1. The van der Waals surface area contributed by atoms with Crippen LogP contribution in [0.3, 0.4) is 0 Å². The fourth-order valence-electron chi connectivity index (χ4n) is 14.7. The van der Waals surface area contributed by atoms with Crippen LogP contribution in [0.5, 0.6) is 6.01 Å². The first kappa shape index (κ1) is 53.7. The van der Waals surface area contributed by atoms with Gasteiger partial charge in [0.2, 0.25) is 11.8 Å². The molecule has 0 radical (unpaired) electrons. The van der Waals surface area contributed by atoms with Crippen LogP contribution in [0.1, 0.15) is 114 Å². The minimum Gasteiger partial charge on any atom is -0.461 e. The highest BCUT2D eigenvalue weighted by Gasteiger charge is 2.46. The van der Waals surface area contributed by atoms with Gasteiger partial charge in [0.05, 0.1) is 59.1 Å². The largest absolute Gasteiger partial charge is 0.461 e. The van der Waals surface area contributed by atoms with Crippen molar-refractivity contribution in [1.29, 1.82) is 0 Å². The van der Waals surface area contributed by atoms with Gasteiger partial charge in [-0.2, -0.15) is 15.1 Å². The van der Waals surface area contributed by atoms with Gasteiger partial charge in [-0.05, 0) is 137 Å². The maximum absolute atomic E-state index is 16.9. The first-order valence-electron chi connectivity index (χ1n) is 28.9. The number of hydrogen-bond acceptors (Lipinski definition) is 13. The van der Waals surface area contributed by atoms with Crippen LogP contribution in [0, 0.1) is 41.2 Å². The molecule has 6 saturated heterocycles. The number of anilines is 2. The fraction of sp³-hybridized carbons (Fsp3) is 0.532. The van der Waals surface area contributed by atoms with E-state index >= 15 is 4.39 Å². The number of methoxy groups -OCH3 is 1. The highest BCUT2D eigenvalue weighted by atomic mass is 19.1. The molecule has 80 heavy (non-hydrogen) atoms. The second kappa shape index (κ2) is 21.8. The number of carbonyl (C=O) groups excluding carboxylic acids is 3. The first-order chi connectivity index (χ1) is 38.7. The molecule has 0 spiro atoms. The molecular weight excluding hydrogens is 1020 g/mol. The Labute approximate surface area is 465 Å². The number of hydrogen-bond donors (Lipinski definition) is 1. The zero-order valence-corrected chi connectivity index (χ0v) is 46.5. The molecule has 2 unspecified atom stereocenters. The van der Waals surface area contributed by atoms with E-state index in [1.165, 1.54) is 18.9 Å². The van der Waals surface area contributed by atoms with Crippen LogP contribution in [-0.4, -0.2) is 137 Å². The summed E-state index contributed by atoms with van der Waals surface area (Å²) in [4.78, 5) is 59.6. The van der Waals surface area contributed by atoms with E-state index in [0.717, 1.165) is 127 Å². The summed E-state index contributed by atoms with van der Waals surface area (Å²) in [5.74, 6) is 2.44. The lowest BCUT2D eigenvalue weighted by Crippen LogP contribution is -2.46. The number of halogens is 2. The van der Waals surface area contributed by atoms with Crippen molar-refractivity contribution in [2.75, 3.05) is 82.5 Å². The number of pyridine rings is 1. The lowest BCUT2D eigenvalue weighted by Gasteiger charge is -2.48. The van der Waals surface area contributed by atoms with Gasteiger partial charge in [-0.25, -0.2) is 18.6 Å². The second-order valence-electron chi connectivity index (χ2n) is 23.8. The third-order valence-corrected chi connectivity index (χ3v) is 19.2. The first-order valence-corrected chi connectivity index (χ1v) is 28.9. The number of nitrogens with zero attached hydrogens (tertiary/aromatic N) is 9. The van der Waals surface area contributed by atoms with Gasteiger partial charge in [-0.15, -0.1) is 6.42 Å². The van der Waals surface area contributed by atoms with Gasteiger partial charge in [0.15, 0.2) is 5.82 Å². The van der Waals surface area contributed by atoms with Crippen molar-refractivity contribution < 1.29 is 37.4 Å². The number of fused-ring (bicyclic) bond motifs is 5. The predicted octanol–water partition coefficient (Wildman–Crippen LogP) is 9.47. The van der Waals surface area contributed by atoms with Gasteiger partial charge in [0, 0.05) is 74.8 Å². The van der Waals surface area contributed by atoms with Crippen LogP contribution in [0.4, 0.5) is 25.1 Å². The summed E-state index contributed by atoms with van der Waals surface area (Å²) in [7, 11) is 3.37. The highest BCUT2D eigenvalue weighted by Crippen LogP contribution is 2.47. The van der Waals surface area contributed by atoms with Crippen molar-refractivity contribution in [3.63, 3.8) is 0 Å². The number of rotatable bonds is 8. The maximum atomic E-state index is 16.9. The van der Waals surface area contributed by atoms with E-state index < -0.39 is 11.6 Å². The van der Waals surface area contributed by atoms with E-state index in [-0.39, 0.29) is 63.6 Å². The molecule has 3 aromatic heterocycles. The molecule has 7 aliphatic rings. The minimum atomic E-state index is -0.585. The van der Waals surface area contributed by atoms with Gasteiger partial charge in [-0.1, -0.05) is 44.0 Å². The van der Waals surface area contributed by atoms with Crippen LogP contribution < -0.4 is 19.9 Å². The average molecular weight is 1090 g/mol. The molecule has 7 aliphatic heterocycles. The number of carbonyl (C=O) groups is 3. The monoisotopic (exact) mass is 1090 g/mol. The van der Waals surface area contributed by atoms with Crippen LogP contribution in [-0.2, 0) is 32.5 Å². The van der Waals surface area contributed by atoms with Crippen molar-refractivity contribution in [2.24, 2.45) is 24.3 Å². The van der Waals surface area contributed by atoms with E-state index in [9.17, 15) is 18.8 Å². The highest BCUT2D eigenvalue weighted by molar-refractivity contribution is 6.04. The molecular formula is C62H72F2N10O6. The van der Waals surface area contributed by atoms with E-state index in [0.29, 0.717) is 84.2 Å². The summed E-state index contributed by atoms with van der Waals surface area (Å²) < 4.78 is 50.9. The van der Waals surface area contributed by atoms with E-state index in [1.54, 1.807) is 12.1 Å². The third-order valence-electron chi connectivity index (χ3n) is 19.2. The van der Waals surface area contributed by atoms with E-state index in [4.69, 9.17) is 35.6 Å². The number of terminal acetylenes is 1. The van der Waals surface area contributed by atoms with E-state index in [2.05, 4.69) is 63.1 Å². The molecule has 0 saturated carbocycles. The van der Waals surface area contributed by atoms with Gasteiger partial charge in [0.25, 0.3) is 0 Å². The molecule has 16 nitrogen and oxygen atoms in total. The number of aryl methyl sites for hydroxylation is 2. The van der Waals surface area contributed by atoms with Crippen molar-refractivity contribution in [2.45, 2.75) is 115 Å². The molecule has 0 aliphatic carbocycles. The molecule has 6 aromatic rings. The number of ether oxygens (including phenoxy) is 3. The van der Waals surface area contributed by atoms with Crippen molar-refractivity contribution in [3.05, 3.63) is 77.1 Å². The summed E-state index contributed by atoms with van der Waals surface area (Å²) in [6.07, 6.45) is 17.5. The van der Waals surface area contributed by atoms with Gasteiger partial charge in [-0.3, -0.25) is 24.5 Å². The molecule has 420 valence electrons. The van der Waals surface area contributed by atoms with E-state index in [1.807, 2.05) is 28.8 Å². The predicted molar refractivity (Wildman–Crippen MR) is 303 cm³/mol. The SMILES string of the molecule is C#Cc1c(F)ccc2cccc(-c3nc4c5c(nc(OCC67CCCN6CCC7)nc5c3F)N3CCCOCC3CC4)c12.COC(=O)N1CCC(C(C)(C)C2CCN(c3ccc4c(C5CCC(=O)NC5=O)nn(C)c4c3)CC2)CC1. The summed E-state index contributed by atoms with van der Waals surface area (Å²) in [5.41, 5.74) is 4.72. The van der Waals surface area contributed by atoms with Crippen LogP contribution >= 0.6 is 0 Å². The zero-order valence-electron chi connectivity index (χ0n) is 46.5. The molecule has 13 rings (SSSR count). The third kappa shape index (κ3) is 9.75. The Morgan fingerprint density at radius 1 is 0.887 bits per heavy atom. The zero-order chi connectivity index (χ0) is 55.5. The normalized spacial score (nSPS) is 21.8. The summed E-state index contributed by atoms with van der Waals surface area (Å²) in [5, 5.41) is 9.92. The minimum absolute atomic E-state index is 0.00280. The summed E-state index contributed by atoms with van der Waals surface area (Å²) in [6.45, 7) is 13.1. The number of aromatic nitrogens is 5. The summed E-state index contributed by atoms with van der Waals surface area (Å²) >= 11 is 0. The number of likely N-dealkylation sites (tertiary alicyclic amines) is 1.